The van der Waals surface area contributed by atoms with E-state index in [1.807, 2.05) is 13.8 Å². The number of aryl methyl sites for hydroxylation is 3. The normalized spacial score (nSPS) is 10.9. The topological polar surface area (TPSA) is 88.0 Å². The van der Waals surface area contributed by atoms with Crippen molar-refractivity contribution in [2.24, 2.45) is 7.05 Å². The standard InChI is InChI=1S/C13H18ClN5O2/c1-7-10(13(14)18(4)16-7)6-21-11(20)5-19-9(3)12(15)8(2)17-19/h5-6,15H2,1-4H3. The maximum atomic E-state index is 11.9. The van der Waals surface area contributed by atoms with Gasteiger partial charge < -0.3 is 10.5 Å². The molecule has 0 saturated carbocycles. The van der Waals surface area contributed by atoms with Gasteiger partial charge in [-0.05, 0) is 20.8 Å². The van der Waals surface area contributed by atoms with Gasteiger partial charge in [-0.2, -0.15) is 10.2 Å². The molecule has 0 spiro atoms. The Kier molecular flexibility index (Phi) is 4.22. The molecule has 2 aromatic heterocycles. The second-order valence-electron chi connectivity index (χ2n) is 4.88. The molecule has 2 N–H and O–H groups in total. The predicted molar refractivity (Wildman–Crippen MR) is 78.9 cm³/mol. The minimum atomic E-state index is -0.403. The van der Waals surface area contributed by atoms with Crippen molar-refractivity contribution in [3.8, 4) is 0 Å². The van der Waals surface area contributed by atoms with Gasteiger partial charge in [-0.15, -0.1) is 0 Å². The summed E-state index contributed by atoms with van der Waals surface area (Å²) in [5.74, 6) is -0.403. The molecule has 114 valence electrons. The molecule has 0 aromatic carbocycles. The number of rotatable bonds is 4. The average molecular weight is 312 g/mol. The summed E-state index contributed by atoms with van der Waals surface area (Å²) in [5.41, 5.74) is 9.31. The summed E-state index contributed by atoms with van der Waals surface area (Å²) >= 11 is 6.08. The molecule has 0 aliphatic rings. The van der Waals surface area contributed by atoms with Crippen molar-refractivity contribution >= 4 is 23.3 Å². The summed E-state index contributed by atoms with van der Waals surface area (Å²) in [7, 11) is 1.74. The number of hydrogen-bond donors (Lipinski definition) is 1. The van der Waals surface area contributed by atoms with Crippen molar-refractivity contribution in [1.29, 1.82) is 0 Å². The van der Waals surface area contributed by atoms with E-state index in [0.717, 1.165) is 11.4 Å². The number of hydrogen-bond acceptors (Lipinski definition) is 5. The van der Waals surface area contributed by atoms with Crippen molar-refractivity contribution in [2.45, 2.75) is 33.9 Å². The van der Waals surface area contributed by atoms with Gasteiger partial charge in [-0.1, -0.05) is 11.6 Å². The predicted octanol–water partition coefficient (Wildman–Crippen LogP) is 1.52. The summed E-state index contributed by atoms with van der Waals surface area (Å²) < 4.78 is 8.31. The molecular formula is C13H18ClN5O2. The largest absolute Gasteiger partial charge is 0.459 e. The van der Waals surface area contributed by atoms with Crippen LogP contribution in [0.15, 0.2) is 0 Å². The minimum absolute atomic E-state index is 0.0147. The molecule has 8 heteroatoms. The van der Waals surface area contributed by atoms with E-state index in [0.29, 0.717) is 22.1 Å². The molecule has 0 aliphatic heterocycles. The molecule has 0 fully saturated rings. The van der Waals surface area contributed by atoms with Crippen LogP contribution in [0.1, 0.15) is 22.6 Å². The Labute approximate surface area is 127 Å². The highest BCUT2D eigenvalue weighted by Crippen LogP contribution is 2.20. The van der Waals surface area contributed by atoms with Crippen molar-refractivity contribution in [3.63, 3.8) is 0 Å². The minimum Gasteiger partial charge on any atom is -0.459 e. The Morgan fingerprint density at radius 3 is 2.43 bits per heavy atom. The van der Waals surface area contributed by atoms with E-state index in [2.05, 4.69) is 10.2 Å². The third-order valence-corrected chi connectivity index (χ3v) is 3.84. The van der Waals surface area contributed by atoms with Gasteiger partial charge in [0, 0.05) is 12.6 Å². The molecule has 2 heterocycles. The quantitative estimate of drug-likeness (QED) is 0.865. The Balaban J connectivity index is 2.01. The zero-order valence-electron chi connectivity index (χ0n) is 12.5. The van der Waals surface area contributed by atoms with E-state index < -0.39 is 5.97 Å². The number of nitrogen functional groups attached to an aromatic ring is 1. The molecule has 0 unspecified atom stereocenters. The molecule has 7 nitrogen and oxygen atoms in total. The Morgan fingerprint density at radius 2 is 1.95 bits per heavy atom. The van der Waals surface area contributed by atoms with E-state index in [1.54, 1.807) is 18.7 Å². The molecule has 21 heavy (non-hydrogen) atoms. The zero-order chi connectivity index (χ0) is 15.7. The van der Waals surface area contributed by atoms with Crippen LogP contribution in [0.25, 0.3) is 0 Å². The van der Waals surface area contributed by atoms with E-state index in [9.17, 15) is 4.79 Å². The number of nitrogens with zero attached hydrogens (tertiary/aromatic N) is 4. The van der Waals surface area contributed by atoms with Crippen molar-refractivity contribution in [2.75, 3.05) is 5.73 Å². The first kappa shape index (κ1) is 15.4. The highest BCUT2D eigenvalue weighted by Gasteiger charge is 2.15. The molecule has 2 rings (SSSR count). The van der Waals surface area contributed by atoms with Crippen LogP contribution in [0.4, 0.5) is 5.69 Å². The molecule has 0 radical (unpaired) electrons. The zero-order valence-corrected chi connectivity index (χ0v) is 13.2. The van der Waals surface area contributed by atoms with Crippen molar-refractivity contribution in [1.82, 2.24) is 19.6 Å². The number of nitrogens with two attached hydrogens (primary N) is 1. The SMILES string of the molecule is Cc1nn(CC(=O)OCc2c(C)nn(C)c2Cl)c(C)c1N. The van der Waals surface area contributed by atoms with Gasteiger partial charge in [0.2, 0.25) is 0 Å². The van der Waals surface area contributed by atoms with Crippen LogP contribution in [0.2, 0.25) is 5.15 Å². The van der Waals surface area contributed by atoms with Crippen molar-refractivity contribution < 1.29 is 9.53 Å². The smallest absolute Gasteiger partial charge is 0.328 e. The summed E-state index contributed by atoms with van der Waals surface area (Å²) in [4.78, 5) is 11.9. The van der Waals surface area contributed by atoms with Gasteiger partial charge in [0.05, 0.1) is 22.8 Å². The van der Waals surface area contributed by atoms with Gasteiger partial charge >= 0.3 is 5.97 Å². The van der Waals surface area contributed by atoms with Gasteiger partial charge in [0.15, 0.2) is 0 Å². The second-order valence-corrected chi connectivity index (χ2v) is 5.24. The van der Waals surface area contributed by atoms with Gasteiger partial charge in [0.25, 0.3) is 0 Å². The number of carbonyl (C=O) groups excluding carboxylic acids is 1. The van der Waals surface area contributed by atoms with Crippen LogP contribution in [0.3, 0.4) is 0 Å². The van der Waals surface area contributed by atoms with Crippen LogP contribution < -0.4 is 5.73 Å². The van der Waals surface area contributed by atoms with Crippen LogP contribution in [0.5, 0.6) is 0 Å². The second kappa shape index (κ2) is 5.77. The monoisotopic (exact) mass is 311 g/mol. The van der Waals surface area contributed by atoms with E-state index in [4.69, 9.17) is 22.1 Å². The molecule has 0 aliphatic carbocycles. The maximum Gasteiger partial charge on any atom is 0.328 e. The summed E-state index contributed by atoms with van der Waals surface area (Å²) in [5, 5.41) is 8.82. The first-order valence-electron chi connectivity index (χ1n) is 6.44. The lowest BCUT2D eigenvalue weighted by molar-refractivity contribution is -0.145. The molecule has 0 bridgehead atoms. The van der Waals surface area contributed by atoms with Gasteiger partial charge in [-0.25, -0.2) is 0 Å². The average Bonchev–Trinajstić information content (AvgIpc) is 2.80. The summed E-state index contributed by atoms with van der Waals surface area (Å²) in [6.45, 7) is 5.53. The Bertz CT molecular complexity index is 689. The number of ether oxygens (including phenoxy) is 1. The van der Waals surface area contributed by atoms with Crippen LogP contribution in [-0.4, -0.2) is 25.5 Å². The highest BCUT2D eigenvalue weighted by molar-refractivity contribution is 6.30. The molecule has 0 saturated heterocycles. The van der Waals surface area contributed by atoms with Crippen LogP contribution in [0, 0.1) is 20.8 Å². The first-order valence-corrected chi connectivity index (χ1v) is 6.82. The third-order valence-electron chi connectivity index (χ3n) is 3.36. The Morgan fingerprint density at radius 1 is 1.29 bits per heavy atom. The lowest BCUT2D eigenvalue weighted by Gasteiger charge is -2.06. The lowest BCUT2D eigenvalue weighted by atomic mass is 10.3. The van der Waals surface area contributed by atoms with E-state index in [-0.39, 0.29) is 13.2 Å². The fourth-order valence-electron chi connectivity index (χ4n) is 2.02. The fraction of sp³-hybridized carbons (Fsp3) is 0.462. The fourth-order valence-corrected chi connectivity index (χ4v) is 2.25. The highest BCUT2D eigenvalue weighted by atomic mass is 35.5. The van der Waals surface area contributed by atoms with Crippen LogP contribution >= 0.6 is 11.6 Å². The number of aromatic nitrogens is 4. The summed E-state index contributed by atoms with van der Waals surface area (Å²) in [6, 6.07) is 0. The maximum absolute atomic E-state index is 11.9. The number of esters is 1. The lowest BCUT2D eigenvalue weighted by Crippen LogP contribution is -2.16. The molecule has 2 aromatic rings. The third kappa shape index (κ3) is 3.02. The summed E-state index contributed by atoms with van der Waals surface area (Å²) in [6.07, 6.45) is 0. The molecule has 0 amide bonds. The van der Waals surface area contributed by atoms with Crippen LogP contribution in [-0.2, 0) is 29.7 Å². The molecule has 0 atom stereocenters. The number of halogens is 1. The Hall–Kier alpha value is -2.02. The van der Waals surface area contributed by atoms with E-state index in [1.165, 1.54) is 4.68 Å². The number of carbonyl (C=O) groups is 1. The first-order chi connectivity index (χ1) is 9.81. The van der Waals surface area contributed by atoms with Crippen molar-refractivity contribution in [3.05, 3.63) is 27.8 Å². The van der Waals surface area contributed by atoms with Gasteiger partial charge in [0.1, 0.15) is 18.3 Å². The molecular weight excluding hydrogens is 294 g/mol. The number of anilines is 1. The van der Waals surface area contributed by atoms with Gasteiger partial charge in [-0.3, -0.25) is 14.2 Å². The van der Waals surface area contributed by atoms with E-state index >= 15 is 0 Å².